The Kier molecular flexibility index (Phi) is 6.32. The number of hydrogen-bond acceptors (Lipinski definition) is 7. The van der Waals surface area contributed by atoms with Gasteiger partial charge in [0.2, 0.25) is 0 Å². The van der Waals surface area contributed by atoms with E-state index in [4.69, 9.17) is 9.47 Å². The molecule has 142 valence electrons. The number of carbonyl (C=O) groups is 2. The summed E-state index contributed by atoms with van der Waals surface area (Å²) in [6.45, 7) is 0. The zero-order valence-electron chi connectivity index (χ0n) is 14.6. The summed E-state index contributed by atoms with van der Waals surface area (Å²) in [7, 11) is 2.87. The molecule has 0 saturated heterocycles. The van der Waals surface area contributed by atoms with Gasteiger partial charge in [0.25, 0.3) is 11.6 Å². The van der Waals surface area contributed by atoms with Crippen molar-refractivity contribution in [2.24, 2.45) is 0 Å². The van der Waals surface area contributed by atoms with Gasteiger partial charge >= 0.3 is 0 Å². The molecule has 0 saturated carbocycles. The topological polar surface area (TPSA) is 131 Å². The highest BCUT2D eigenvalue weighted by Gasteiger charge is 2.19. The first-order valence-electron chi connectivity index (χ1n) is 7.82. The minimum Gasteiger partial charge on any atom is -0.550 e. The van der Waals surface area contributed by atoms with E-state index in [0.717, 1.165) is 0 Å². The molecule has 0 aromatic heterocycles. The Balaban J connectivity index is 2.30. The summed E-state index contributed by atoms with van der Waals surface area (Å²) in [5.74, 6) is -1.22. The van der Waals surface area contributed by atoms with E-state index in [-0.39, 0.29) is 16.8 Å². The Hall–Kier alpha value is -3.62. The Labute approximate surface area is 154 Å². The highest BCUT2D eigenvalue weighted by atomic mass is 16.6. The first kappa shape index (κ1) is 19.7. The van der Waals surface area contributed by atoms with Crippen LogP contribution in [0.15, 0.2) is 42.5 Å². The third-order valence-electron chi connectivity index (χ3n) is 3.81. The number of methoxy groups -OCH3 is 2. The molecule has 0 aliphatic rings. The van der Waals surface area contributed by atoms with Crippen LogP contribution in [0.4, 0.5) is 5.69 Å². The zero-order chi connectivity index (χ0) is 20.0. The molecule has 0 aliphatic heterocycles. The third-order valence-corrected chi connectivity index (χ3v) is 3.81. The van der Waals surface area contributed by atoms with Crippen molar-refractivity contribution in [1.82, 2.24) is 5.32 Å². The van der Waals surface area contributed by atoms with Crippen LogP contribution in [0.2, 0.25) is 0 Å². The molecule has 1 atom stereocenters. The number of hydrogen-bond donors (Lipinski definition) is 1. The largest absolute Gasteiger partial charge is 0.550 e. The number of nitro groups is 1. The first-order chi connectivity index (χ1) is 12.8. The van der Waals surface area contributed by atoms with E-state index in [9.17, 15) is 24.8 Å². The quantitative estimate of drug-likeness (QED) is 0.544. The number of non-ortho nitro benzene ring substituents is 1. The number of nitrogens with zero attached hydrogens (tertiary/aromatic N) is 1. The van der Waals surface area contributed by atoms with Gasteiger partial charge in [0.1, 0.15) is 0 Å². The minimum absolute atomic E-state index is 0.210. The predicted octanol–water partition coefficient (Wildman–Crippen LogP) is 1.22. The van der Waals surface area contributed by atoms with Crippen LogP contribution in [0.5, 0.6) is 11.5 Å². The third kappa shape index (κ3) is 4.94. The number of ether oxygens (including phenoxy) is 2. The molecule has 0 radical (unpaired) electrons. The summed E-state index contributed by atoms with van der Waals surface area (Å²) in [6.07, 6.45) is -0.541. The molecular weight excluding hydrogens is 356 g/mol. The van der Waals surface area contributed by atoms with Crippen LogP contribution in [0.1, 0.15) is 28.4 Å². The lowest BCUT2D eigenvalue weighted by atomic mass is 10.0. The van der Waals surface area contributed by atoms with Gasteiger partial charge in [-0.25, -0.2) is 0 Å². The number of carboxylic acids is 1. The Bertz CT molecular complexity index is 867. The van der Waals surface area contributed by atoms with Gasteiger partial charge in [0.15, 0.2) is 11.5 Å². The Morgan fingerprint density at radius 2 is 1.81 bits per heavy atom. The van der Waals surface area contributed by atoms with Gasteiger partial charge in [-0.2, -0.15) is 0 Å². The van der Waals surface area contributed by atoms with Gasteiger partial charge < -0.3 is 24.7 Å². The predicted molar refractivity (Wildman–Crippen MR) is 92.5 cm³/mol. The van der Waals surface area contributed by atoms with Gasteiger partial charge in [0.05, 0.1) is 25.2 Å². The number of nitrogens with one attached hydrogen (secondary N) is 1. The van der Waals surface area contributed by atoms with Crippen LogP contribution < -0.4 is 19.9 Å². The Morgan fingerprint density at radius 1 is 1.11 bits per heavy atom. The van der Waals surface area contributed by atoms with Crippen molar-refractivity contribution in [3.63, 3.8) is 0 Å². The molecule has 0 spiro atoms. The SMILES string of the molecule is COc1ccc(C(=O)N[C@H](CC(=O)[O-])c2cccc([N+](=O)[O-])c2)cc1OC. The summed E-state index contributed by atoms with van der Waals surface area (Å²) in [6, 6.07) is 8.86. The molecule has 0 bridgehead atoms. The zero-order valence-corrected chi connectivity index (χ0v) is 14.6. The molecule has 1 N–H and O–H groups in total. The molecule has 0 unspecified atom stereocenters. The van der Waals surface area contributed by atoms with Crippen molar-refractivity contribution >= 4 is 17.6 Å². The van der Waals surface area contributed by atoms with Crippen LogP contribution in [-0.4, -0.2) is 31.0 Å². The van der Waals surface area contributed by atoms with Gasteiger partial charge in [-0.1, -0.05) is 12.1 Å². The molecule has 2 aromatic rings. The van der Waals surface area contributed by atoms with E-state index in [0.29, 0.717) is 11.5 Å². The summed E-state index contributed by atoms with van der Waals surface area (Å²) < 4.78 is 10.2. The van der Waals surface area contributed by atoms with Crippen LogP contribution in [0.25, 0.3) is 0 Å². The van der Waals surface area contributed by atoms with Gasteiger partial charge in [0, 0.05) is 30.1 Å². The lowest BCUT2D eigenvalue weighted by Gasteiger charge is -2.20. The van der Waals surface area contributed by atoms with Crippen LogP contribution >= 0.6 is 0 Å². The second-order valence-electron chi connectivity index (χ2n) is 5.52. The fourth-order valence-electron chi connectivity index (χ4n) is 2.49. The fraction of sp³-hybridized carbons (Fsp3) is 0.222. The number of nitro benzene ring substituents is 1. The second kappa shape index (κ2) is 8.65. The van der Waals surface area contributed by atoms with Gasteiger partial charge in [-0.05, 0) is 23.8 Å². The van der Waals surface area contributed by atoms with E-state index in [1.165, 1.54) is 56.7 Å². The number of rotatable bonds is 8. The Morgan fingerprint density at radius 3 is 2.41 bits per heavy atom. The smallest absolute Gasteiger partial charge is 0.269 e. The average Bonchev–Trinajstić information content (AvgIpc) is 2.66. The number of aliphatic carboxylic acids is 1. The normalized spacial score (nSPS) is 11.3. The van der Waals surface area contributed by atoms with E-state index < -0.39 is 29.3 Å². The number of carboxylic acid groups (broad SMARTS) is 1. The molecule has 0 heterocycles. The summed E-state index contributed by atoms with van der Waals surface area (Å²) >= 11 is 0. The maximum atomic E-state index is 12.5. The van der Waals surface area contributed by atoms with Crippen LogP contribution in [0, 0.1) is 10.1 Å². The molecule has 2 rings (SSSR count). The standard InChI is InChI=1S/C18H18N2O7/c1-26-15-7-6-12(9-16(15)27-2)18(23)19-14(10-17(21)22)11-4-3-5-13(8-11)20(24)25/h3-9,14H,10H2,1-2H3,(H,19,23)(H,21,22)/p-1/t14-/m1/s1. The lowest BCUT2D eigenvalue weighted by molar-refractivity contribution is -0.385. The second-order valence-corrected chi connectivity index (χ2v) is 5.52. The van der Waals surface area contributed by atoms with Crippen molar-refractivity contribution in [1.29, 1.82) is 0 Å². The van der Waals surface area contributed by atoms with Crippen molar-refractivity contribution in [2.45, 2.75) is 12.5 Å². The summed E-state index contributed by atoms with van der Waals surface area (Å²) in [4.78, 5) is 33.9. The number of carbonyl (C=O) groups excluding carboxylic acids is 2. The summed E-state index contributed by atoms with van der Waals surface area (Å²) in [5.41, 5.74) is 0.278. The maximum Gasteiger partial charge on any atom is 0.269 e. The number of benzene rings is 2. The molecular formula is C18H17N2O7-. The summed E-state index contributed by atoms with van der Waals surface area (Å²) in [5, 5.41) is 24.6. The monoisotopic (exact) mass is 373 g/mol. The van der Waals surface area contributed by atoms with E-state index >= 15 is 0 Å². The molecule has 9 nitrogen and oxygen atoms in total. The molecule has 0 fully saturated rings. The van der Waals surface area contributed by atoms with Gasteiger partial charge in [-0.15, -0.1) is 0 Å². The first-order valence-corrected chi connectivity index (χ1v) is 7.82. The van der Waals surface area contributed by atoms with E-state index in [2.05, 4.69) is 5.32 Å². The molecule has 27 heavy (non-hydrogen) atoms. The molecule has 1 amide bonds. The van der Waals surface area contributed by atoms with Crippen molar-refractivity contribution in [3.05, 3.63) is 63.7 Å². The maximum absolute atomic E-state index is 12.5. The van der Waals surface area contributed by atoms with Crippen LogP contribution in [-0.2, 0) is 4.79 Å². The minimum atomic E-state index is -1.40. The van der Waals surface area contributed by atoms with Crippen molar-refractivity contribution in [3.8, 4) is 11.5 Å². The number of amides is 1. The molecule has 2 aromatic carbocycles. The fourth-order valence-corrected chi connectivity index (χ4v) is 2.49. The van der Waals surface area contributed by atoms with Gasteiger partial charge in [-0.3, -0.25) is 14.9 Å². The van der Waals surface area contributed by atoms with Crippen LogP contribution in [0.3, 0.4) is 0 Å². The highest BCUT2D eigenvalue weighted by molar-refractivity contribution is 5.95. The van der Waals surface area contributed by atoms with Crippen molar-refractivity contribution < 1.29 is 29.1 Å². The van der Waals surface area contributed by atoms with E-state index in [1.54, 1.807) is 0 Å². The lowest BCUT2D eigenvalue weighted by Crippen LogP contribution is -2.34. The highest BCUT2D eigenvalue weighted by Crippen LogP contribution is 2.28. The van der Waals surface area contributed by atoms with Crippen molar-refractivity contribution in [2.75, 3.05) is 14.2 Å². The average molecular weight is 373 g/mol. The molecule has 0 aliphatic carbocycles. The van der Waals surface area contributed by atoms with E-state index in [1.807, 2.05) is 0 Å². The molecule has 9 heteroatoms.